The number of ketones is 1. The predicted molar refractivity (Wildman–Crippen MR) is 92.3 cm³/mol. The first-order chi connectivity index (χ1) is 11.6. The van der Waals surface area contributed by atoms with E-state index in [9.17, 15) is 4.79 Å². The van der Waals surface area contributed by atoms with Gasteiger partial charge in [0.25, 0.3) is 0 Å². The molecule has 2 nitrogen and oxygen atoms in total. The number of allylic oxidation sites excluding steroid dienone is 1. The number of hydrogen-bond donors (Lipinski definition) is 0. The first-order valence-corrected chi connectivity index (χ1v) is 10.2. The van der Waals surface area contributed by atoms with Gasteiger partial charge in [-0.15, -0.1) is 0 Å². The van der Waals surface area contributed by atoms with Crippen molar-refractivity contribution in [1.82, 2.24) is 0 Å². The van der Waals surface area contributed by atoms with Crippen molar-refractivity contribution < 1.29 is 9.53 Å². The number of hydrogen-bond acceptors (Lipinski definition) is 2. The molecule has 0 saturated heterocycles. The fourth-order valence-corrected chi connectivity index (χ4v) is 8.25. The molecule has 2 heteroatoms. The molecule has 1 spiro atoms. The summed E-state index contributed by atoms with van der Waals surface area (Å²) in [6.07, 6.45) is 15.3. The van der Waals surface area contributed by atoms with Gasteiger partial charge in [-0.05, 0) is 80.1 Å². The highest BCUT2D eigenvalue weighted by Gasteiger charge is 2.76. The Kier molecular flexibility index (Phi) is 2.64. The first-order valence-electron chi connectivity index (χ1n) is 10.2. The van der Waals surface area contributed by atoms with Crippen molar-refractivity contribution in [2.75, 3.05) is 6.61 Å². The van der Waals surface area contributed by atoms with Gasteiger partial charge in [0.1, 0.15) is 0 Å². The lowest BCUT2D eigenvalue weighted by Crippen LogP contribution is -2.54. The standard InChI is InChI=1S/C22H28O2/c1-21-9-7-16-15-6-4-14(23)11-13(15)3-5-17(16)20(21)18-12-19(18)22(21)8-2-10-24-22/h2,8,11,15-20H,3-7,9-10,12H2,1H3/t15?,16?,17?,18-,19-,20?,21?,22?/m0/s1. The van der Waals surface area contributed by atoms with Gasteiger partial charge in [0.15, 0.2) is 5.78 Å². The Bertz CT molecular complexity index is 675. The molecule has 6 rings (SSSR count). The van der Waals surface area contributed by atoms with Crippen LogP contribution in [0.1, 0.15) is 51.9 Å². The zero-order valence-electron chi connectivity index (χ0n) is 14.7. The van der Waals surface area contributed by atoms with Crippen LogP contribution in [0.25, 0.3) is 0 Å². The van der Waals surface area contributed by atoms with Crippen molar-refractivity contribution in [3.63, 3.8) is 0 Å². The SMILES string of the molecule is CC12CCC3C4CCC(=O)C=C4CCC3C1[C@H]1C[C@@H]1C21C=CCO1. The average molecular weight is 324 g/mol. The van der Waals surface area contributed by atoms with Crippen LogP contribution < -0.4 is 0 Å². The minimum absolute atomic E-state index is 0.0753. The molecular formula is C22H28O2. The molecule has 1 aliphatic heterocycles. The lowest BCUT2D eigenvalue weighted by atomic mass is 9.49. The van der Waals surface area contributed by atoms with Gasteiger partial charge < -0.3 is 4.74 Å². The Morgan fingerprint density at radius 3 is 2.88 bits per heavy atom. The molecule has 0 aromatic carbocycles. The maximum absolute atomic E-state index is 11.8. The van der Waals surface area contributed by atoms with Crippen LogP contribution >= 0.6 is 0 Å². The van der Waals surface area contributed by atoms with Gasteiger partial charge in [-0.2, -0.15) is 0 Å². The molecule has 4 fully saturated rings. The topological polar surface area (TPSA) is 26.3 Å². The molecule has 1 heterocycles. The molecule has 24 heavy (non-hydrogen) atoms. The molecule has 0 radical (unpaired) electrons. The van der Waals surface area contributed by atoms with E-state index < -0.39 is 0 Å². The maximum atomic E-state index is 11.8. The smallest absolute Gasteiger partial charge is 0.155 e. The Morgan fingerprint density at radius 1 is 1.12 bits per heavy atom. The molecular weight excluding hydrogens is 296 g/mol. The quantitative estimate of drug-likeness (QED) is 0.621. The molecule has 6 aliphatic rings. The van der Waals surface area contributed by atoms with E-state index in [1.807, 2.05) is 6.08 Å². The van der Waals surface area contributed by atoms with Crippen LogP contribution in [0.15, 0.2) is 23.8 Å². The van der Waals surface area contributed by atoms with Crippen LogP contribution in [-0.4, -0.2) is 18.0 Å². The summed E-state index contributed by atoms with van der Waals surface area (Å²) in [5.41, 5.74) is 1.94. The van der Waals surface area contributed by atoms with Crippen molar-refractivity contribution >= 4 is 5.78 Å². The van der Waals surface area contributed by atoms with Crippen LogP contribution in [-0.2, 0) is 9.53 Å². The lowest BCUT2D eigenvalue weighted by Gasteiger charge is -2.57. The normalized spacial score (nSPS) is 57.2. The summed E-state index contributed by atoms with van der Waals surface area (Å²) >= 11 is 0. The van der Waals surface area contributed by atoms with E-state index in [0.29, 0.717) is 11.2 Å². The minimum Gasteiger partial charge on any atom is -0.366 e. The summed E-state index contributed by atoms with van der Waals surface area (Å²) in [4.78, 5) is 11.8. The number of fused-ring (bicyclic) bond motifs is 9. The summed E-state index contributed by atoms with van der Waals surface area (Å²) in [5, 5.41) is 0. The molecule has 4 saturated carbocycles. The van der Waals surface area contributed by atoms with Crippen LogP contribution in [0.2, 0.25) is 0 Å². The number of carbonyl (C=O) groups excluding carboxylic acids is 1. The number of rotatable bonds is 0. The summed E-state index contributed by atoms with van der Waals surface area (Å²) < 4.78 is 6.46. The number of carbonyl (C=O) groups is 1. The predicted octanol–water partition coefficient (Wildman–Crippen LogP) is 4.31. The third-order valence-corrected chi connectivity index (χ3v) is 9.08. The van der Waals surface area contributed by atoms with Crippen LogP contribution in [0.4, 0.5) is 0 Å². The zero-order chi connectivity index (χ0) is 16.1. The van der Waals surface area contributed by atoms with Crippen molar-refractivity contribution in [3.8, 4) is 0 Å². The summed E-state index contributed by atoms with van der Waals surface area (Å²) in [6, 6.07) is 0. The van der Waals surface area contributed by atoms with Gasteiger partial charge in [0.05, 0.1) is 12.2 Å². The van der Waals surface area contributed by atoms with E-state index in [4.69, 9.17) is 4.74 Å². The molecule has 128 valence electrons. The van der Waals surface area contributed by atoms with E-state index in [0.717, 1.165) is 55.0 Å². The molecule has 0 N–H and O–H groups in total. The van der Waals surface area contributed by atoms with Gasteiger partial charge in [-0.1, -0.05) is 24.6 Å². The van der Waals surface area contributed by atoms with Crippen LogP contribution in [0.5, 0.6) is 0 Å². The Labute approximate surface area is 144 Å². The zero-order valence-corrected chi connectivity index (χ0v) is 14.7. The fourth-order valence-electron chi connectivity index (χ4n) is 8.25. The molecule has 0 aromatic rings. The molecule has 8 atom stereocenters. The van der Waals surface area contributed by atoms with Crippen LogP contribution in [0.3, 0.4) is 0 Å². The highest BCUT2D eigenvalue weighted by atomic mass is 16.5. The van der Waals surface area contributed by atoms with E-state index in [1.165, 1.54) is 37.7 Å². The third kappa shape index (κ3) is 1.51. The van der Waals surface area contributed by atoms with E-state index in [2.05, 4.69) is 19.1 Å². The first kappa shape index (κ1) is 14.3. The van der Waals surface area contributed by atoms with Crippen molar-refractivity contribution in [2.24, 2.45) is 40.9 Å². The van der Waals surface area contributed by atoms with Crippen molar-refractivity contribution in [3.05, 3.63) is 23.8 Å². The van der Waals surface area contributed by atoms with E-state index in [-0.39, 0.29) is 5.60 Å². The maximum Gasteiger partial charge on any atom is 0.155 e. The molecule has 0 bridgehead atoms. The highest BCUT2D eigenvalue weighted by molar-refractivity contribution is 5.91. The Balaban J connectivity index is 1.38. The average Bonchev–Trinajstić information content (AvgIpc) is 3.13. The second-order valence-electron chi connectivity index (χ2n) is 9.69. The second-order valence-corrected chi connectivity index (χ2v) is 9.69. The number of ether oxygens (including phenoxy) is 1. The Hall–Kier alpha value is -0.890. The van der Waals surface area contributed by atoms with Crippen molar-refractivity contribution in [2.45, 2.75) is 57.5 Å². The summed E-state index contributed by atoms with van der Waals surface area (Å²) in [7, 11) is 0. The fraction of sp³-hybridized carbons (Fsp3) is 0.773. The summed E-state index contributed by atoms with van der Waals surface area (Å²) in [5.74, 6) is 5.41. The van der Waals surface area contributed by atoms with Gasteiger partial charge in [0, 0.05) is 11.8 Å². The largest absolute Gasteiger partial charge is 0.366 e. The molecule has 6 unspecified atom stereocenters. The van der Waals surface area contributed by atoms with E-state index >= 15 is 0 Å². The highest BCUT2D eigenvalue weighted by Crippen LogP contribution is 2.77. The van der Waals surface area contributed by atoms with Crippen molar-refractivity contribution in [1.29, 1.82) is 0 Å². The van der Waals surface area contributed by atoms with E-state index in [1.54, 1.807) is 0 Å². The van der Waals surface area contributed by atoms with Gasteiger partial charge in [-0.3, -0.25) is 4.79 Å². The van der Waals surface area contributed by atoms with Gasteiger partial charge in [0.2, 0.25) is 0 Å². The minimum atomic E-state index is 0.0753. The lowest BCUT2D eigenvalue weighted by molar-refractivity contribution is -0.132. The Morgan fingerprint density at radius 2 is 2.04 bits per heavy atom. The summed E-state index contributed by atoms with van der Waals surface area (Å²) in [6.45, 7) is 3.39. The second kappa shape index (κ2) is 4.44. The molecule has 0 aromatic heterocycles. The van der Waals surface area contributed by atoms with Gasteiger partial charge in [-0.25, -0.2) is 0 Å². The monoisotopic (exact) mass is 324 g/mol. The molecule has 0 amide bonds. The molecule has 5 aliphatic carbocycles. The van der Waals surface area contributed by atoms with Crippen LogP contribution in [0, 0.1) is 40.9 Å². The van der Waals surface area contributed by atoms with Gasteiger partial charge >= 0.3 is 0 Å². The third-order valence-electron chi connectivity index (χ3n) is 9.08.